The molecule has 0 aromatic heterocycles. The summed E-state index contributed by atoms with van der Waals surface area (Å²) < 4.78 is 32.6. The second-order valence-electron chi connectivity index (χ2n) is 5.57. The Bertz CT molecular complexity index is 758. The van der Waals surface area contributed by atoms with Gasteiger partial charge in [0, 0.05) is 0 Å². The number of benzene rings is 2. The van der Waals surface area contributed by atoms with Gasteiger partial charge in [0.1, 0.15) is 6.04 Å². The van der Waals surface area contributed by atoms with Crippen molar-refractivity contribution in [1.29, 1.82) is 0 Å². The predicted octanol–water partition coefficient (Wildman–Crippen LogP) is 3.46. The molecule has 0 unspecified atom stereocenters. The summed E-state index contributed by atoms with van der Waals surface area (Å²) in [5.74, 6) is -5.34. The molecule has 1 atom stereocenters. The fourth-order valence-corrected chi connectivity index (χ4v) is 2.92. The van der Waals surface area contributed by atoms with Gasteiger partial charge in [-0.3, -0.25) is 0 Å². The van der Waals surface area contributed by atoms with Crippen LogP contribution < -0.4 is 5.73 Å². The Balaban J connectivity index is 1.92. The molecule has 0 heterocycles. The molecule has 2 aromatic rings. The van der Waals surface area contributed by atoms with Crippen molar-refractivity contribution < 1.29 is 18.3 Å². The number of alkyl halides is 2. The first-order valence-electron chi connectivity index (χ1n) is 7.47. The zero-order chi connectivity index (χ0) is 16.6. The Labute approximate surface area is 133 Å². The third kappa shape index (κ3) is 2.61. The van der Waals surface area contributed by atoms with Gasteiger partial charge in [0.25, 0.3) is 0 Å². The fourth-order valence-electron chi connectivity index (χ4n) is 2.92. The van der Waals surface area contributed by atoms with E-state index in [-0.39, 0.29) is 12.2 Å². The maximum absolute atomic E-state index is 14.1. The molecule has 120 valence electrons. The van der Waals surface area contributed by atoms with Crippen LogP contribution in [0.1, 0.15) is 29.7 Å². The lowest BCUT2D eigenvalue weighted by molar-refractivity contribution is -0.174. The number of rotatable bonds is 4. The number of carbonyl (C=O) groups is 1. The molecule has 0 spiro atoms. The molecule has 3 nitrogen and oxygen atoms in total. The minimum Gasteiger partial charge on any atom is -0.462 e. The summed E-state index contributed by atoms with van der Waals surface area (Å²) in [7, 11) is 0. The quantitative estimate of drug-likeness (QED) is 0.750. The molecule has 0 amide bonds. The van der Waals surface area contributed by atoms with Crippen molar-refractivity contribution in [2.75, 3.05) is 6.61 Å². The monoisotopic (exact) mass is 317 g/mol. The van der Waals surface area contributed by atoms with E-state index in [1.807, 2.05) is 24.3 Å². The molecule has 0 bridgehead atoms. The summed E-state index contributed by atoms with van der Waals surface area (Å²) >= 11 is 0. The van der Waals surface area contributed by atoms with Crippen LogP contribution in [0, 0.1) is 0 Å². The summed E-state index contributed by atoms with van der Waals surface area (Å²) in [6.45, 7) is 1.37. The Kier molecular flexibility index (Phi) is 3.90. The largest absolute Gasteiger partial charge is 0.462 e. The molecule has 2 aromatic carbocycles. The highest BCUT2D eigenvalue weighted by atomic mass is 19.3. The van der Waals surface area contributed by atoms with Crippen LogP contribution in [-0.4, -0.2) is 18.5 Å². The van der Waals surface area contributed by atoms with Crippen molar-refractivity contribution in [2.24, 2.45) is 5.73 Å². The van der Waals surface area contributed by atoms with Crippen LogP contribution in [0.15, 0.2) is 42.5 Å². The standard InChI is InChI=1S/C18H17F2NO2/c1-2-23-17(22)18(19,20)16(21)12-7-8-15-13(10-12)9-11-5-3-4-6-14(11)15/h3-8,10,16H,2,9,21H2,1H3/t16-/m1/s1. The topological polar surface area (TPSA) is 52.3 Å². The number of halogens is 2. The zero-order valence-corrected chi connectivity index (χ0v) is 12.7. The van der Waals surface area contributed by atoms with Gasteiger partial charge in [0.05, 0.1) is 6.61 Å². The number of ether oxygens (including phenoxy) is 1. The summed E-state index contributed by atoms with van der Waals surface area (Å²) in [5, 5.41) is 0. The van der Waals surface area contributed by atoms with E-state index in [4.69, 9.17) is 5.73 Å². The van der Waals surface area contributed by atoms with E-state index in [9.17, 15) is 13.6 Å². The number of hydrogen-bond donors (Lipinski definition) is 1. The first kappa shape index (κ1) is 15.6. The molecular formula is C18H17F2NO2. The Morgan fingerprint density at radius 1 is 1.22 bits per heavy atom. The Hall–Kier alpha value is -2.27. The van der Waals surface area contributed by atoms with Crippen molar-refractivity contribution >= 4 is 5.97 Å². The highest BCUT2D eigenvalue weighted by Crippen LogP contribution is 2.39. The Morgan fingerprint density at radius 3 is 2.65 bits per heavy atom. The Morgan fingerprint density at radius 2 is 1.91 bits per heavy atom. The molecule has 0 radical (unpaired) electrons. The van der Waals surface area contributed by atoms with Crippen LogP contribution in [-0.2, 0) is 16.0 Å². The van der Waals surface area contributed by atoms with Gasteiger partial charge < -0.3 is 10.5 Å². The van der Waals surface area contributed by atoms with E-state index >= 15 is 0 Å². The van der Waals surface area contributed by atoms with Gasteiger partial charge in [-0.2, -0.15) is 8.78 Å². The minimum atomic E-state index is -3.75. The smallest absolute Gasteiger partial charge is 0.379 e. The molecule has 3 rings (SSSR count). The van der Waals surface area contributed by atoms with Gasteiger partial charge in [0.15, 0.2) is 0 Å². The fraction of sp³-hybridized carbons (Fsp3) is 0.278. The summed E-state index contributed by atoms with van der Waals surface area (Å²) in [4.78, 5) is 11.4. The van der Waals surface area contributed by atoms with Crippen molar-refractivity contribution in [3.63, 3.8) is 0 Å². The lowest BCUT2D eigenvalue weighted by Crippen LogP contribution is -2.41. The summed E-state index contributed by atoms with van der Waals surface area (Å²) in [6, 6.07) is 11.2. The average Bonchev–Trinajstić information content (AvgIpc) is 2.91. The molecule has 23 heavy (non-hydrogen) atoms. The third-order valence-corrected chi connectivity index (χ3v) is 4.12. The van der Waals surface area contributed by atoms with E-state index in [0.717, 1.165) is 22.3 Å². The van der Waals surface area contributed by atoms with Crippen molar-refractivity contribution in [3.8, 4) is 11.1 Å². The van der Waals surface area contributed by atoms with E-state index in [1.54, 1.807) is 18.2 Å². The molecule has 0 saturated carbocycles. The molecule has 0 saturated heterocycles. The maximum Gasteiger partial charge on any atom is 0.379 e. The predicted molar refractivity (Wildman–Crippen MR) is 83.2 cm³/mol. The number of fused-ring (bicyclic) bond motifs is 3. The minimum absolute atomic E-state index is 0.110. The van der Waals surface area contributed by atoms with E-state index < -0.39 is 17.9 Å². The number of hydrogen-bond acceptors (Lipinski definition) is 3. The van der Waals surface area contributed by atoms with Crippen molar-refractivity contribution in [3.05, 3.63) is 59.2 Å². The molecule has 1 aliphatic carbocycles. The average molecular weight is 317 g/mol. The number of esters is 1. The SMILES string of the molecule is CCOC(=O)C(F)(F)[C@H](N)c1ccc2c(c1)Cc1ccccc1-2. The van der Waals surface area contributed by atoms with Gasteiger partial charge in [0.2, 0.25) is 0 Å². The number of nitrogens with two attached hydrogens (primary N) is 1. The van der Waals surface area contributed by atoms with Crippen LogP contribution in [0.2, 0.25) is 0 Å². The van der Waals surface area contributed by atoms with Gasteiger partial charge in [-0.1, -0.05) is 42.5 Å². The van der Waals surface area contributed by atoms with E-state index in [1.165, 1.54) is 6.92 Å². The normalized spacial score (nSPS) is 14.1. The second kappa shape index (κ2) is 5.74. The molecule has 1 aliphatic rings. The van der Waals surface area contributed by atoms with Gasteiger partial charge >= 0.3 is 11.9 Å². The van der Waals surface area contributed by atoms with Crippen LogP contribution in [0.5, 0.6) is 0 Å². The zero-order valence-electron chi connectivity index (χ0n) is 12.7. The third-order valence-electron chi connectivity index (χ3n) is 4.12. The maximum atomic E-state index is 14.1. The molecule has 0 fully saturated rings. The van der Waals surface area contributed by atoms with Gasteiger partial charge in [-0.05, 0) is 41.2 Å². The van der Waals surface area contributed by atoms with Crippen LogP contribution in [0.3, 0.4) is 0 Å². The lowest BCUT2D eigenvalue weighted by Gasteiger charge is -2.22. The molecule has 2 N–H and O–H groups in total. The molecule has 0 aliphatic heterocycles. The number of carbonyl (C=O) groups excluding carboxylic acids is 1. The van der Waals surface area contributed by atoms with E-state index in [0.29, 0.717) is 6.42 Å². The van der Waals surface area contributed by atoms with E-state index in [2.05, 4.69) is 4.74 Å². The highest BCUT2D eigenvalue weighted by Gasteiger charge is 2.47. The lowest BCUT2D eigenvalue weighted by atomic mass is 9.96. The van der Waals surface area contributed by atoms with Crippen molar-refractivity contribution in [2.45, 2.75) is 25.3 Å². The first-order chi connectivity index (χ1) is 10.9. The second-order valence-corrected chi connectivity index (χ2v) is 5.57. The van der Waals surface area contributed by atoms with Crippen LogP contribution in [0.4, 0.5) is 8.78 Å². The van der Waals surface area contributed by atoms with Crippen LogP contribution >= 0.6 is 0 Å². The van der Waals surface area contributed by atoms with Gasteiger partial charge in [-0.15, -0.1) is 0 Å². The van der Waals surface area contributed by atoms with Gasteiger partial charge in [-0.25, -0.2) is 4.79 Å². The molecule has 5 heteroatoms. The summed E-state index contributed by atoms with van der Waals surface area (Å²) in [5.41, 5.74) is 10.1. The molecular weight excluding hydrogens is 300 g/mol. The summed E-state index contributed by atoms with van der Waals surface area (Å²) in [6.07, 6.45) is 0.678. The van der Waals surface area contributed by atoms with Crippen molar-refractivity contribution in [1.82, 2.24) is 0 Å². The highest BCUT2D eigenvalue weighted by molar-refractivity contribution is 5.80. The first-order valence-corrected chi connectivity index (χ1v) is 7.47. The van der Waals surface area contributed by atoms with Crippen LogP contribution in [0.25, 0.3) is 11.1 Å².